The van der Waals surface area contributed by atoms with Crippen LogP contribution in [0.4, 0.5) is 23.2 Å². The second-order valence-electron chi connectivity index (χ2n) is 8.01. The summed E-state index contributed by atoms with van der Waals surface area (Å²) in [6.07, 6.45) is -3.64. The lowest BCUT2D eigenvalue weighted by Gasteiger charge is -2.28. The van der Waals surface area contributed by atoms with Crippen LogP contribution in [0.25, 0.3) is 0 Å². The van der Waals surface area contributed by atoms with Crippen LogP contribution in [0, 0.1) is 5.82 Å². The first-order valence-electron chi connectivity index (χ1n) is 10.7. The molecule has 7 nitrogen and oxygen atoms in total. The highest BCUT2D eigenvalue weighted by molar-refractivity contribution is 6.30. The van der Waals surface area contributed by atoms with E-state index < -0.39 is 53.6 Å². The van der Waals surface area contributed by atoms with E-state index in [2.05, 4.69) is 4.98 Å². The molecule has 0 fully saturated rings. The van der Waals surface area contributed by atoms with E-state index in [1.54, 1.807) is 13.8 Å². The molecule has 3 aromatic rings. The van der Waals surface area contributed by atoms with Crippen LogP contribution in [0.5, 0.6) is 11.5 Å². The summed E-state index contributed by atoms with van der Waals surface area (Å²) in [6, 6.07) is 6.59. The summed E-state index contributed by atoms with van der Waals surface area (Å²) in [5.74, 6) is -4.30. The van der Waals surface area contributed by atoms with E-state index in [1.807, 2.05) is 0 Å². The number of aliphatic hydroxyl groups is 1. The normalized spacial score (nSPS) is 11.4. The lowest BCUT2D eigenvalue weighted by atomic mass is 10.1. The van der Waals surface area contributed by atoms with Crippen molar-refractivity contribution < 1.29 is 41.7 Å². The number of carbonyl (C=O) groups is 2. The van der Waals surface area contributed by atoms with Crippen molar-refractivity contribution in [2.45, 2.75) is 32.7 Å². The van der Waals surface area contributed by atoms with Crippen molar-refractivity contribution in [2.75, 3.05) is 12.0 Å². The largest absolute Gasteiger partial charge is 0.465 e. The highest BCUT2D eigenvalue weighted by atomic mass is 35.5. The fourth-order valence-electron chi connectivity index (χ4n) is 3.45. The minimum atomic E-state index is -4.88. The zero-order chi connectivity index (χ0) is 27.5. The summed E-state index contributed by atoms with van der Waals surface area (Å²) in [7, 11) is 1.05. The third-order valence-electron chi connectivity index (χ3n) is 5.15. The first-order chi connectivity index (χ1) is 17.4. The second-order valence-corrected chi connectivity index (χ2v) is 8.45. The number of aliphatic hydroxyl groups excluding tert-OH is 1. The van der Waals surface area contributed by atoms with Crippen molar-refractivity contribution in [3.05, 3.63) is 81.9 Å². The first-order valence-corrected chi connectivity index (χ1v) is 11.1. The maximum absolute atomic E-state index is 15.2. The SMILES string of the molecule is COC(=O)c1cc(Oc2ccc(CO)cc2C(F)(F)F)c(F)cc1N(C(=O)c1ccc(Cl)cn1)C(C)C. The molecule has 1 aromatic heterocycles. The Bertz CT molecular complexity index is 1310. The number of hydrogen-bond acceptors (Lipinski definition) is 6. The van der Waals surface area contributed by atoms with E-state index in [0.717, 1.165) is 30.2 Å². The number of pyridine rings is 1. The molecule has 0 aliphatic heterocycles. The molecule has 2 aromatic carbocycles. The lowest BCUT2D eigenvalue weighted by molar-refractivity contribution is -0.138. The molecule has 0 unspecified atom stereocenters. The van der Waals surface area contributed by atoms with Crippen molar-refractivity contribution in [2.24, 2.45) is 0 Å². The van der Waals surface area contributed by atoms with Crippen molar-refractivity contribution >= 4 is 29.2 Å². The van der Waals surface area contributed by atoms with Gasteiger partial charge < -0.3 is 19.5 Å². The molecule has 0 spiro atoms. The van der Waals surface area contributed by atoms with Crippen LogP contribution in [-0.4, -0.2) is 35.1 Å². The smallest absolute Gasteiger partial charge is 0.419 e. The zero-order valence-corrected chi connectivity index (χ0v) is 20.5. The number of halogens is 5. The van der Waals surface area contributed by atoms with Crippen LogP contribution in [0.1, 0.15) is 45.8 Å². The number of esters is 1. The van der Waals surface area contributed by atoms with Gasteiger partial charge in [-0.1, -0.05) is 17.7 Å². The molecular formula is C25H21ClF4N2O5. The van der Waals surface area contributed by atoms with E-state index in [-0.39, 0.29) is 27.5 Å². The van der Waals surface area contributed by atoms with Gasteiger partial charge in [0.05, 0.1) is 35.6 Å². The van der Waals surface area contributed by atoms with Gasteiger partial charge in [-0.2, -0.15) is 13.2 Å². The summed E-state index contributed by atoms with van der Waals surface area (Å²) in [6.45, 7) is 2.56. The molecule has 0 bridgehead atoms. The minimum absolute atomic E-state index is 0.0346. The number of methoxy groups -OCH3 is 1. The van der Waals surface area contributed by atoms with Gasteiger partial charge in [-0.25, -0.2) is 14.2 Å². The van der Waals surface area contributed by atoms with Gasteiger partial charge >= 0.3 is 12.1 Å². The number of hydrogen-bond donors (Lipinski definition) is 1. The number of aromatic nitrogens is 1. The van der Waals surface area contributed by atoms with Crippen molar-refractivity contribution in [3.63, 3.8) is 0 Å². The van der Waals surface area contributed by atoms with Crippen LogP contribution < -0.4 is 9.64 Å². The number of anilines is 1. The molecule has 1 amide bonds. The Balaban J connectivity index is 2.14. The van der Waals surface area contributed by atoms with E-state index in [1.165, 1.54) is 24.4 Å². The van der Waals surface area contributed by atoms with Crippen LogP contribution in [0.3, 0.4) is 0 Å². The molecule has 12 heteroatoms. The predicted molar refractivity (Wildman–Crippen MR) is 126 cm³/mol. The number of rotatable bonds is 7. The molecule has 0 radical (unpaired) electrons. The van der Waals surface area contributed by atoms with Crippen LogP contribution in [-0.2, 0) is 17.5 Å². The summed E-state index contributed by atoms with van der Waals surface area (Å²) in [5.41, 5.74) is -1.88. The Kier molecular flexibility index (Phi) is 8.39. The van der Waals surface area contributed by atoms with E-state index in [9.17, 15) is 27.9 Å². The predicted octanol–water partition coefficient (Wildman–Crippen LogP) is 6.02. The van der Waals surface area contributed by atoms with E-state index >= 15 is 4.39 Å². The molecule has 0 saturated carbocycles. The van der Waals surface area contributed by atoms with Gasteiger partial charge in [0.25, 0.3) is 5.91 Å². The van der Waals surface area contributed by atoms with Crippen LogP contribution in [0.2, 0.25) is 5.02 Å². The van der Waals surface area contributed by atoms with E-state index in [0.29, 0.717) is 6.07 Å². The third kappa shape index (κ3) is 6.17. The average Bonchev–Trinajstić information content (AvgIpc) is 2.84. The number of nitrogens with zero attached hydrogens (tertiary/aromatic N) is 2. The number of benzene rings is 2. The van der Waals surface area contributed by atoms with Crippen LogP contribution >= 0.6 is 11.6 Å². The first kappa shape index (κ1) is 27.9. The summed E-state index contributed by atoms with van der Waals surface area (Å²) in [4.78, 5) is 30.9. The summed E-state index contributed by atoms with van der Waals surface area (Å²) >= 11 is 5.83. The Labute approximate surface area is 214 Å². The fraction of sp³-hybridized carbons (Fsp3) is 0.240. The Morgan fingerprint density at radius 1 is 1.11 bits per heavy atom. The molecule has 0 aliphatic rings. The molecule has 196 valence electrons. The maximum atomic E-state index is 15.2. The minimum Gasteiger partial charge on any atom is -0.465 e. The van der Waals surface area contributed by atoms with Crippen molar-refractivity contribution in [1.82, 2.24) is 4.98 Å². The van der Waals surface area contributed by atoms with Gasteiger partial charge in [-0.3, -0.25) is 4.79 Å². The Morgan fingerprint density at radius 3 is 2.35 bits per heavy atom. The van der Waals surface area contributed by atoms with Gasteiger partial charge in [-0.05, 0) is 43.7 Å². The Morgan fingerprint density at radius 2 is 1.81 bits per heavy atom. The third-order valence-corrected chi connectivity index (χ3v) is 5.37. The van der Waals surface area contributed by atoms with Gasteiger partial charge in [0.15, 0.2) is 11.6 Å². The zero-order valence-electron chi connectivity index (χ0n) is 19.8. The second kappa shape index (κ2) is 11.1. The molecule has 0 atom stereocenters. The van der Waals surface area contributed by atoms with E-state index in [4.69, 9.17) is 21.1 Å². The van der Waals surface area contributed by atoms with Crippen LogP contribution in [0.15, 0.2) is 48.7 Å². The lowest BCUT2D eigenvalue weighted by Crippen LogP contribution is -2.38. The molecule has 1 N–H and O–H groups in total. The van der Waals surface area contributed by atoms with Gasteiger partial charge in [-0.15, -0.1) is 0 Å². The topological polar surface area (TPSA) is 89.0 Å². The summed E-state index contributed by atoms with van der Waals surface area (Å²) < 4.78 is 66.0. The molecular weight excluding hydrogens is 520 g/mol. The molecule has 1 heterocycles. The van der Waals surface area contributed by atoms with Crippen molar-refractivity contribution in [3.8, 4) is 11.5 Å². The average molecular weight is 541 g/mol. The standard InChI is InChI=1S/C25H21ClF4N2O5/c1-13(2)32(23(34)19-6-5-15(26)11-31-19)20-10-18(27)22(9-16(20)24(35)36-3)37-21-7-4-14(12-33)8-17(21)25(28,29)30/h4-11,13,33H,12H2,1-3H3. The molecule has 37 heavy (non-hydrogen) atoms. The van der Waals surface area contributed by atoms with Crippen molar-refractivity contribution in [1.29, 1.82) is 0 Å². The summed E-state index contributed by atoms with van der Waals surface area (Å²) in [5, 5.41) is 9.46. The highest BCUT2D eigenvalue weighted by Crippen LogP contribution is 2.40. The quantitative estimate of drug-likeness (QED) is 0.291. The Hall–Kier alpha value is -3.70. The number of carbonyl (C=O) groups excluding carboxylic acids is 2. The molecule has 0 aliphatic carbocycles. The molecule has 0 saturated heterocycles. The number of amides is 1. The fourth-order valence-corrected chi connectivity index (χ4v) is 3.56. The van der Waals surface area contributed by atoms with Gasteiger partial charge in [0.1, 0.15) is 11.4 Å². The maximum Gasteiger partial charge on any atom is 0.419 e. The molecule has 3 rings (SSSR count). The monoisotopic (exact) mass is 540 g/mol. The number of alkyl halides is 3. The van der Waals surface area contributed by atoms with Gasteiger partial charge in [0.2, 0.25) is 0 Å². The highest BCUT2D eigenvalue weighted by Gasteiger charge is 2.35. The number of ether oxygens (including phenoxy) is 2. The van der Waals surface area contributed by atoms with Gasteiger partial charge in [0, 0.05) is 24.4 Å².